The van der Waals surface area contributed by atoms with Gasteiger partial charge in [-0.1, -0.05) is 6.92 Å². The number of aliphatic hydroxyl groups excluding tert-OH is 1. The van der Waals surface area contributed by atoms with E-state index in [9.17, 15) is 13.5 Å². The summed E-state index contributed by atoms with van der Waals surface area (Å²) in [6.07, 6.45) is 3.85. The lowest BCUT2D eigenvalue weighted by atomic mass is 10.00. The van der Waals surface area contributed by atoms with Crippen molar-refractivity contribution in [3.05, 3.63) is 12.4 Å². The zero-order chi connectivity index (χ0) is 15.0. The maximum atomic E-state index is 12.6. The van der Waals surface area contributed by atoms with Crippen molar-refractivity contribution in [3.8, 4) is 0 Å². The van der Waals surface area contributed by atoms with Gasteiger partial charge in [-0.25, -0.2) is 8.42 Å². The van der Waals surface area contributed by atoms with E-state index >= 15 is 0 Å². The largest absolute Gasteiger partial charge is 0.396 e. The summed E-state index contributed by atoms with van der Waals surface area (Å²) in [6.45, 7) is 4.08. The van der Waals surface area contributed by atoms with Gasteiger partial charge in [-0.15, -0.1) is 0 Å². The smallest absolute Gasteiger partial charge is 0.246 e. The van der Waals surface area contributed by atoms with E-state index in [0.717, 1.165) is 6.42 Å². The van der Waals surface area contributed by atoms with Crippen LogP contribution in [0, 0.1) is 11.8 Å². The maximum Gasteiger partial charge on any atom is 0.246 e. The Hall–Kier alpha value is -0.960. The van der Waals surface area contributed by atoms with E-state index in [0.29, 0.717) is 26.3 Å². The van der Waals surface area contributed by atoms with Crippen LogP contribution in [0.1, 0.15) is 19.4 Å². The van der Waals surface area contributed by atoms with Crippen LogP contribution in [0.3, 0.4) is 0 Å². The van der Waals surface area contributed by atoms with Gasteiger partial charge in [0.2, 0.25) is 10.0 Å². The second kappa shape index (κ2) is 5.68. The first kappa shape index (κ1) is 15.0. The number of aliphatic hydroxyl groups is 1. The third kappa shape index (κ3) is 2.73. The molecule has 0 amide bonds. The first-order valence-corrected chi connectivity index (χ1v) is 8.69. The molecule has 0 saturated carbocycles. The van der Waals surface area contributed by atoms with Crippen molar-refractivity contribution in [2.45, 2.75) is 24.3 Å². The van der Waals surface area contributed by atoms with E-state index in [1.165, 1.54) is 10.5 Å². The molecule has 7 nitrogen and oxygen atoms in total. The number of nitrogens with zero attached hydrogens (tertiary/aromatic N) is 3. The van der Waals surface area contributed by atoms with Crippen LogP contribution >= 0.6 is 0 Å². The van der Waals surface area contributed by atoms with Crippen molar-refractivity contribution in [1.82, 2.24) is 14.1 Å². The van der Waals surface area contributed by atoms with Crippen LogP contribution in [0.15, 0.2) is 17.3 Å². The minimum atomic E-state index is -3.53. The molecule has 0 bridgehead atoms. The molecule has 1 aromatic heterocycles. The van der Waals surface area contributed by atoms with Gasteiger partial charge in [0.05, 0.1) is 18.8 Å². The van der Waals surface area contributed by atoms with Crippen LogP contribution < -0.4 is 0 Å². The molecule has 8 heteroatoms. The molecule has 2 fully saturated rings. The lowest BCUT2D eigenvalue weighted by Gasteiger charge is -2.14. The van der Waals surface area contributed by atoms with Gasteiger partial charge in [0.1, 0.15) is 4.90 Å². The van der Waals surface area contributed by atoms with Crippen LogP contribution in [-0.4, -0.2) is 60.5 Å². The third-order valence-electron chi connectivity index (χ3n) is 4.46. The molecule has 21 heavy (non-hydrogen) atoms. The number of sulfonamides is 1. The SMILES string of the molecule is C[C@@H]1CN(S(=O)(=O)c2cnn([C@@H]3CCOC3)c2)C[C@H]1CO. The number of rotatable bonds is 4. The molecule has 0 aromatic carbocycles. The van der Waals surface area contributed by atoms with Crippen molar-refractivity contribution in [1.29, 1.82) is 0 Å². The minimum Gasteiger partial charge on any atom is -0.396 e. The molecule has 0 aliphatic carbocycles. The highest BCUT2D eigenvalue weighted by Crippen LogP contribution is 2.28. The van der Waals surface area contributed by atoms with E-state index in [4.69, 9.17) is 4.74 Å². The first-order chi connectivity index (χ1) is 10.0. The quantitative estimate of drug-likeness (QED) is 0.851. The van der Waals surface area contributed by atoms with Crippen molar-refractivity contribution < 1.29 is 18.3 Å². The van der Waals surface area contributed by atoms with E-state index < -0.39 is 10.0 Å². The van der Waals surface area contributed by atoms with Crippen molar-refractivity contribution in [3.63, 3.8) is 0 Å². The first-order valence-electron chi connectivity index (χ1n) is 7.25. The number of aromatic nitrogens is 2. The number of hydrogen-bond donors (Lipinski definition) is 1. The molecule has 3 atom stereocenters. The van der Waals surface area contributed by atoms with Gasteiger partial charge in [-0.05, 0) is 18.3 Å². The second-order valence-corrected chi connectivity index (χ2v) is 7.85. The second-order valence-electron chi connectivity index (χ2n) is 5.92. The summed E-state index contributed by atoms with van der Waals surface area (Å²) in [5.74, 6) is 0.182. The fourth-order valence-corrected chi connectivity index (χ4v) is 4.49. The van der Waals surface area contributed by atoms with Crippen LogP contribution in [0.5, 0.6) is 0 Å². The number of hydrogen-bond acceptors (Lipinski definition) is 5. The Kier molecular flexibility index (Phi) is 4.04. The number of ether oxygens (including phenoxy) is 1. The Bertz CT molecular complexity index is 594. The molecule has 0 unspecified atom stereocenters. The molecule has 3 heterocycles. The van der Waals surface area contributed by atoms with Gasteiger partial charge in [0.25, 0.3) is 0 Å². The summed E-state index contributed by atoms with van der Waals surface area (Å²) in [5.41, 5.74) is 0. The van der Waals surface area contributed by atoms with Crippen LogP contribution in [0.2, 0.25) is 0 Å². The lowest BCUT2D eigenvalue weighted by molar-refractivity contribution is 0.184. The normalized spacial score (nSPS) is 31.0. The van der Waals surface area contributed by atoms with Gasteiger partial charge in [-0.3, -0.25) is 4.68 Å². The molecule has 0 spiro atoms. The third-order valence-corrected chi connectivity index (χ3v) is 6.25. The lowest BCUT2D eigenvalue weighted by Crippen LogP contribution is -2.29. The van der Waals surface area contributed by atoms with Crippen LogP contribution in [0.25, 0.3) is 0 Å². The minimum absolute atomic E-state index is 0.0121. The molecule has 2 aliphatic heterocycles. The molecular formula is C13H21N3O4S. The monoisotopic (exact) mass is 315 g/mol. The predicted molar refractivity (Wildman–Crippen MR) is 75.2 cm³/mol. The fourth-order valence-electron chi connectivity index (χ4n) is 2.95. The summed E-state index contributed by atoms with van der Waals surface area (Å²) >= 11 is 0. The van der Waals surface area contributed by atoms with Gasteiger partial charge < -0.3 is 9.84 Å². The predicted octanol–water partition coefficient (Wildman–Crippen LogP) is 0.0934. The molecule has 0 radical (unpaired) electrons. The fraction of sp³-hybridized carbons (Fsp3) is 0.769. The molecule has 1 N–H and O–H groups in total. The molecule has 2 aliphatic rings. The van der Waals surface area contributed by atoms with Crippen LogP contribution in [-0.2, 0) is 14.8 Å². The molecule has 1 aromatic rings. The molecule has 2 saturated heterocycles. The van der Waals surface area contributed by atoms with Gasteiger partial charge >= 0.3 is 0 Å². The maximum absolute atomic E-state index is 12.6. The van der Waals surface area contributed by atoms with Crippen molar-refractivity contribution in [2.24, 2.45) is 11.8 Å². The van der Waals surface area contributed by atoms with Crippen molar-refractivity contribution >= 4 is 10.0 Å². The van der Waals surface area contributed by atoms with E-state index in [1.807, 2.05) is 6.92 Å². The summed E-state index contributed by atoms with van der Waals surface area (Å²) < 4.78 is 33.7. The summed E-state index contributed by atoms with van der Waals surface area (Å²) in [6, 6.07) is 0.122. The Labute approximate surface area is 124 Å². The summed E-state index contributed by atoms with van der Waals surface area (Å²) in [4.78, 5) is 0.222. The molecule has 3 rings (SSSR count). The standard InChI is InChI=1S/C13H21N3O4S/c1-10-5-15(6-11(10)8-17)21(18,19)13-4-14-16(7-13)12-2-3-20-9-12/h4,7,10-12,17H,2-3,5-6,8-9H2,1H3/t10-,11+,12-/m1/s1. The Morgan fingerprint density at radius 3 is 2.90 bits per heavy atom. The zero-order valence-electron chi connectivity index (χ0n) is 12.1. The highest BCUT2D eigenvalue weighted by Gasteiger charge is 2.37. The van der Waals surface area contributed by atoms with E-state index in [1.54, 1.807) is 10.9 Å². The Balaban J connectivity index is 1.79. The highest BCUT2D eigenvalue weighted by molar-refractivity contribution is 7.89. The summed E-state index contributed by atoms with van der Waals surface area (Å²) in [7, 11) is -3.53. The Morgan fingerprint density at radius 2 is 2.29 bits per heavy atom. The van der Waals surface area contributed by atoms with Crippen LogP contribution in [0.4, 0.5) is 0 Å². The van der Waals surface area contributed by atoms with Gasteiger partial charge in [0.15, 0.2) is 0 Å². The van der Waals surface area contributed by atoms with Gasteiger partial charge in [0, 0.05) is 32.5 Å². The Morgan fingerprint density at radius 1 is 1.48 bits per heavy atom. The van der Waals surface area contributed by atoms with Gasteiger partial charge in [-0.2, -0.15) is 9.40 Å². The van der Waals surface area contributed by atoms with Crippen molar-refractivity contribution in [2.75, 3.05) is 32.9 Å². The average Bonchev–Trinajstić information content (AvgIpc) is 3.18. The average molecular weight is 315 g/mol. The van der Waals surface area contributed by atoms with E-state index in [-0.39, 0.29) is 29.4 Å². The summed E-state index contributed by atoms with van der Waals surface area (Å²) in [5, 5.41) is 13.5. The highest BCUT2D eigenvalue weighted by atomic mass is 32.2. The van der Waals surface area contributed by atoms with E-state index in [2.05, 4.69) is 5.10 Å². The topological polar surface area (TPSA) is 84.7 Å². The molecule has 118 valence electrons. The molecular weight excluding hydrogens is 294 g/mol. The zero-order valence-corrected chi connectivity index (χ0v) is 12.9.